The van der Waals surface area contributed by atoms with Crippen molar-refractivity contribution in [1.29, 1.82) is 0 Å². The van der Waals surface area contributed by atoms with Crippen LogP contribution < -0.4 is 5.32 Å². The number of hydrogen-bond donors (Lipinski definition) is 1. The maximum Gasteiger partial charge on any atom is 0.261 e. The second-order valence-electron chi connectivity index (χ2n) is 5.58. The first-order chi connectivity index (χ1) is 11.5. The van der Waals surface area contributed by atoms with Gasteiger partial charge in [0.1, 0.15) is 18.5 Å². The van der Waals surface area contributed by atoms with Crippen molar-refractivity contribution < 1.29 is 9.18 Å². The highest BCUT2D eigenvalue weighted by atomic mass is 32.1. The van der Waals surface area contributed by atoms with Crippen molar-refractivity contribution in [3.8, 4) is 11.1 Å². The number of aryl methyl sites for hydroxylation is 1. The largest absolute Gasteiger partial charge is 0.347 e. The Labute approximate surface area is 143 Å². The molecule has 0 saturated carbocycles. The Bertz CT molecular complexity index is 827. The molecule has 3 rings (SSSR count). The Balaban J connectivity index is 1.71. The first kappa shape index (κ1) is 16.3. The number of nitrogens with zero attached hydrogens (tertiary/aromatic N) is 3. The fourth-order valence-electron chi connectivity index (χ4n) is 2.46. The number of benzene rings is 1. The number of hydrogen-bond acceptors (Lipinski definition) is 4. The minimum absolute atomic E-state index is 0.0733. The average molecular weight is 344 g/mol. The minimum Gasteiger partial charge on any atom is -0.347 e. The summed E-state index contributed by atoms with van der Waals surface area (Å²) in [6.45, 7) is 4.43. The highest BCUT2D eigenvalue weighted by molar-refractivity contribution is 7.14. The van der Waals surface area contributed by atoms with Crippen LogP contribution in [0.4, 0.5) is 4.39 Å². The van der Waals surface area contributed by atoms with Crippen LogP contribution in [0.15, 0.2) is 43.0 Å². The monoisotopic (exact) mass is 344 g/mol. The van der Waals surface area contributed by atoms with Gasteiger partial charge in [0.25, 0.3) is 5.91 Å². The van der Waals surface area contributed by atoms with Crippen molar-refractivity contribution in [2.75, 3.05) is 0 Å². The molecule has 2 heterocycles. The van der Waals surface area contributed by atoms with Gasteiger partial charge in [-0.15, -0.1) is 11.3 Å². The van der Waals surface area contributed by atoms with Gasteiger partial charge in [0.05, 0.1) is 11.4 Å². The highest BCUT2D eigenvalue weighted by Gasteiger charge is 2.16. The maximum atomic E-state index is 13.1. The molecule has 0 radical (unpaired) electrons. The number of amides is 1. The van der Waals surface area contributed by atoms with E-state index >= 15 is 0 Å². The molecule has 5 nitrogen and oxygen atoms in total. The van der Waals surface area contributed by atoms with Crippen LogP contribution in [-0.4, -0.2) is 26.7 Å². The molecule has 0 aliphatic carbocycles. The highest BCUT2D eigenvalue weighted by Crippen LogP contribution is 2.31. The molecule has 2 aromatic heterocycles. The van der Waals surface area contributed by atoms with Crippen LogP contribution in [-0.2, 0) is 6.54 Å². The van der Waals surface area contributed by atoms with E-state index < -0.39 is 0 Å². The van der Waals surface area contributed by atoms with E-state index in [1.165, 1.54) is 29.8 Å². The SMILES string of the molecule is Cc1sc(C(=O)N[C@H](C)Cn2cncn2)cc1-c1ccc(F)cc1. The molecule has 3 aromatic rings. The van der Waals surface area contributed by atoms with Crippen LogP contribution in [0.2, 0.25) is 0 Å². The Morgan fingerprint density at radius 2 is 2.12 bits per heavy atom. The number of thiophene rings is 1. The molecular formula is C17H17FN4OS. The Morgan fingerprint density at radius 3 is 2.79 bits per heavy atom. The Hall–Kier alpha value is -2.54. The van der Waals surface area contributed by atoms with Crippen LogP contribution in [0.3, 0.4) is 0 Å². The summed E-state index contributed by atoms with van der Waals surface area (Å²) in [6, 6.07) is 8.07. The van der Waals surface area contributed by atoms with Gasteiger partial charge in [-0.3, -0.25) is 9.48 Å². The van der Waals surface area contributed by atoms with E-state index in [1.54, 1.807) is 23.1 Å². The van der Waals surface area contributed by atoms with Gasteiger partial charge in [-0.2, -0.15) is 5.10 Å². The summed E-state index contributed by atoms with van der Waals surface area (Å²) in [5, 5.41) is 6.99. The predicted molar refractivity (Wildman–Crippen MR) is 91.4 cm³/mol. The summed E-state index contributed by atoms with van der Waals surface area (Å²) in [5.74, 6) is -0.393. The molecule has 0 aliphatic rings. The van der Waals surface area contributed by atoms with Gasteiger partial charge in [-0.1, -0.05) is 12.1 Å². The molecule has 0 fully saturated rings. The van der Waals surface area contributed by atoms with Crippen LogP contribution in [0.25, 0.3) is 11.1 Å². The third-order valence-electron chi connectivity index (χ3n) is 3.60. The Morgan fingerprint density at radius 1 is 1.38 bits per heavy atom. The molecular weight excluding hydrogens is 327 g/mol. The van der Waals surface area contributed by atoms with Crippen molar-refractivity contribution in [1.82, 2.24) is 20.1 Å². The molecule has 0 bridgehead atoms. The van der Waals surface area contributed by atoms with Crippen molar-refractivity contribution >= 4 is 17.2 Å². The smallest absolute Gasteiger partial charge is 0.261 e. The summed E-state index contributed by atoms with van der Waals surface area (Å²) in [4.78, 5) is 18.0. The second kappa shape index (κ2) is 6.92. The molecule has 0 spiro atoms. The summed E-state index contributed by atoms with van der Waals surface area (Å²) >= 11 is 1.43. The molecule has 1 amide bonds. The first-order valence-electron chi connectivity index (χ1n) is 7.52. The van der Waals surface area contributed by atoms with E-state index in [-0.39, 0.29) is 17.8 Å². The number of aromatic nitrogens is 3. The van der Waals surface area contributed by atoms with Gasteiger partial charge in [0.2, 0.25) is 0 Å². The molecule has 1 N–H and O–H groups in total. The Kier molecular flexibility index (Phi) is 4.71. The van der Waals surface area contributed by atoms with Crippen LogP contribution >= 0.6 is 11.3 Å². The third kappa shape index (κ3) is 3.68. The van der Waals surface area contributed by atoms with Gasteiger partial charge in [-0.25, -0.2) is 9.37 Å². The van der Waals surface area contributed by atoms with Crippen LogP contribution in [0.1, 0.15) is 21.5 Å². The maximum absolute atomic E-state index is 13.1. The van der Waals surface area contributed by atoms with Crippen molar-refractivity contribution in [2.24, 2.45) is 0 Å². The van der Waals surface area contributed by atoms with Crippen molar-refractivity contribution in [3.63, 3.8) is 0 Å². The normalized spacial score (nSPS) is 12.1. The van der Waals surface area contributed by atoms with Gasteiger partial charge >= 0.3 is 0 Å². The van der Waals surface area contributed by atoms with E-state index in [2.05, 4.69) is 15.4 Å². The number of nitrogens with one attached hydrogen (secondary N) is 1. The molecule has 0 saturated heterocycles. The quantitative estimate of drug-likeness (QED) is 0.773. The second-order valence-corrected chi connectivity index (χ2v) is 6.84. The van der Waals surface area contributed by atoms with Crippen molar-refractivity contribution in [3.05, 3.63) is 58.6 Å². The summed E-state index contributed by atoms with van der Waals surface area (Å²) in [5.41, 5.74) is 1.86. The fourth-order valence-corrected chi connectivity index (χ4v) is 3.40. The third-order valence-corrected chi connectivity index (χ3v) is 4.65. The molecule has 0 aliphatic heterocycles. The number of rotatable bonds is 5. The van der Waals surface area contributed by atoms with Gasteiger partial charge in [0.15, 0.2) is 0 Å². The predicted octanol–water partition coefficient (Wildman–Crippen LogP) is 3.27. The van der Waals surface area contributed by atoms with Gasteiger partial charge < -0.3 is 5.32 Å². The number of carbonyl (C=O) groups excluding carboxylic acids is 1. The van der Waals surface area contributed by atoms with Crippen LogP contribution in [0.5, 0.6) is 0 Å². The summed E-state index contributed by atoms with van der Waals surface area (Å²) < 4.78 is 14.7. The molecule has 1 aromatic carbocycles. The standard InChI is InChI=1S/C17H17FN4OS/c1-11(8-22-10-19-9-20-22)21-17(23)16-7-15(12(2)24-16)13-3-5-14(18)6-4-13/h3-7,9-11H,8H2,1-2H3,(H,21,23)/t11-/m1/s1. The van der Waals surface area contributed by atoms with Gasteiger partial charge in [0, 0.05) is 10.9 Å². The zero-order chi connectivity index (χ0) is 17.1. The first-order valence-corrected chi connectivity index (χ1v) is 8.34. The van der Waals surface area contributed by atoms with Gasteiger partial charge in [-0.05, 0) is 43.2 Å². The zero-order valence-electron chi connectivity index (χ0n) is 13.4. The molecule has 1 atom stereocenters. The van der Waals surface area contributed by atoms with E-state index in [4.69, 9.17) is 0 Å². The molecule has 0 unspecified atom stereocenters. The zero-order valence-corrected chi connectivity index (χ0v) is 14.2. The van der Waals surface area contributed by atoms with Crippen molar-refractivity contribution in [2.45, 2.75) is 26.4 Å². The minimum atomic E-state index is -0.272. The van der Waals surface area contributed by atoms with E-state index in [1.807, 2.05) is 19.9 Å². The summed E-state index contributed by atoms with van der Waals surface area (Å²) in [6.07, 6.45) is 3.08. The number of halogens is 1. The lowest BCUT2D eigenvalue weighted by Crippen LogP contribution is -2.35. The van der Waals surface area contributed by atoms with E-state index in [0.717, 1.165) is 16.0 Å². The number of carbonyl (C=O) groups is 1. The topological polar surface area (TPSA) is 59.8 Å². The lowest BCUT2D eigenvalue weighted by Gasteiger charge is -2.12. The van der Waals surface area contributed by atoms with Crippen LogP contribution in [0, 0.1) is 12.7 Å². The lowest BCUT2D eigenvalue weighted by atomic mass is 10.1. The molecule has 24 heavy (non-hydrogen) atoms. The molecule has 124 valence electrons. The lowest BCUT2D eigenvalue weighted by molar-refractivity contribution is 0.0940. The van der Waals surface area contributed by atoms with E-state index in [9.17, 15) is 9.18 Å². The summed E-state index contributed by atoms with van der Waals surface area (Å²) in [7, 11) is 0. The fraction of sp³-hybridized carbons (Fsp3) is 0.235. The average Bonchev–Trinajstić information content (AvgIpc) is 3.17. The van der Waals surface area contributed by atoms with E-state index in [0.29, 0.717) is 11.4 Å². The molecule has 7 heteroatoms.